The van der Waals surface area contributed by atoms with E-state index < -0.39 is 0 Å². The molecule has 0 fully saturated rings. The second-order valence-electron chi connectivity index (χ2n) is 7.23. The van der Waals surface area contributed by atoms with E-state index in [0.717, 1.165) is 39.7 Å². The zero-order valence-corrected chi connectivity index (χ0v) is 19.8. The van der Waals surface area contributed by atoms with E-state index in [1.54, 1.807) is 12.3 Å². The molecule has 0 bridgehead atoms. The molecule has 1 N–H and O–H groups in total. The number of benzene rings is 3. The molecule has 0 saturated carbocycles. The number of anilines is 3. The van der Waals surface area contributed by atoms with Crippen molar-refractivity contribution in [2.24, 2.45) is 0 Å². The number of hydrogen-bond donors (Lipinski definition) is 1. The fraction of sp³-hybridized carbons (Fsp3) is 0. The fourth-order valence-electron chi connectivity index (χ4n) is 3.62. The molecule has 0 unspecified atom stereocenters. The van der Waals surface area contributed by atoms with Crippen molar-refractivity contribution in [3.05, 3.63) is 121 Å². The number of aromatic hydroxyl groups is 1. The van der Waals surface area contributed by atoms with Gasteiger partial charge in [-0.25, -0.2) is 4.98 Å². The Morgan fingerprint density at radius 3 is 2.18 bits per heavy atom. The largest absolute Gasteiger partial charge is 0.517 e. The molecular weight excluding hydrogens is 589 g/mol. The summed E-state index contributed by atoms with van der Waals surface area (Å²) in [7, 11) is 0. The molecule has 0 atom stereocenters. The Bertz CT molecular complexity index is 1340. The third kappa shape index (κ3) is 4.87. The second kappa shape index (κ2) is 10.2. The second-order valence-corrected chi connectivity index (χ2v) is 7.23. The Morgan fingerprint density at radius 1 is 0.667 bits per heavy atom. The maximum absolute atomic E-state index is 10.3. The number of nitrogens with zero attached hydrogens (tertiary/aromatic N) is 3. The summed E-state index contributed by atoms with van der Waals surface area (Å²) in [6.07, 6.45) is 1.77. The van der Waals surface area contributed by atoms with Gasteiger partial charge in [-0.2, -0.15) is 0 Å². The van der Waals surface area contributed by atoms with Gasteiger partial charge in [-0.15, -0.1) is 29.8 Å². The van der Waals surface area contributed by atoms with Gasteiger partial charge >= 0.3 is 0 Å². The van der Waals surface area contributed by atoms with Crippen LogP contribution in [0.15, 0.2) is 115 Å². The fourth-order valence-corrected chi connectivity index (χ4v) is 3.62. The van der Waals surface area contributed by atoms with Crippen LogP contribution >= 0.6 is 0 Å². The van der Waals surface area contributed by atoms with Gasteiger partial charge in [-0.3, -0.25) is 4.98 Å². The van der Waals surface area contributed by atoms with E-state index in [1.807, 2.05) is 103 Å². The van der Waals surface area contributed by atoms with Gasteiger partial charge in [0.15, 0.2) is 0 Å². The minimum Gasteiger partial charge on any atom is -0.517 e. The van der Waals surface area contributed by atoms with Crippen molar-refractivity contribution in [2.45, 2.75) is 0 Å². The van der Waals surface area contributed by atoms with Crippen LogP contribution in [0.5, 0.6) is 5.75 Å². The van der Waals surface area contributed by atoms with Crippen LogP contribution in [0, 0.1) is 6.07 Å². The molecule has 5 heteroatoms. The van der Waals surface area contributed by atoms with Crippen LogP contribution < -0.4 is 4.90 Å². The molecule has 5 aromatic rings. The summed E-state index contributed by atoms with van der Waals surface area (Å²) in [5.41, 5.74) is 4.93. The first kappa shape index (κ1) is 22.4. The molecule has 2 aromatic heterocycles. The van der Waals surface area contributed by atoms with Gasteiger partial charge in [0.25, 0.3) is 0 Å². The number of hydrogen-bond acceptors (Lipinski definition) is 4. The predicted octanol–water partition coefficient (Wildman–Crippen LogP) is 6.78. The minimum absolute atomic E-state index is 0. The van der Waals surface area contributed by atoms with Gasteiger partial charge in [0.1, 0.15) is 5.82 Å². The van der Waals surface area contributed by atoms with Crippen LogP contribution in [0.2, 0.25) is 0 Å². The molecule has 3 aromatic carbocycles. The number of phenolic OH excluding ortho intramolecular Hbond substituents is 1. The SMILES string of the molecule is Oc1ccccc1-c1[c-]c(N(c2ccccc2)c2cccc(-c3ccccn3)n2)ccc1.[Pt]. The van der Waals surface area contributed by atoms with Crippen molar-refractivity contribution in [2.75, 3.05) is 4.90 Å². The van der Waals surface area contributed by atoms with Crippen molar-refractivity contribution in [1.82, 2.24) is 9.97 Å². The normalized spacial score (nSPS) is 10.3. The average Bonchev–Trinajstić information content (AvgIpc) is 2.86. The number of rotatable bonds is 5. The zero-order valence-electron chi connectivity index (χ0n) is 17.6. The van der Waals surface area contributed by atoms with Gasteiger partial charge in [-0.1, -0.05) is 54.1 Å². The van der Waals surface area contributed by atoms with E-state index in [2.05, 4.69) is 16.0 Å². The van der Waals surface area contributed by atoms with E-state index in [0.29, 0.717) is 0 Å². The van der Waals surface area contributed by atoms with Crippen LogP contribution in [0.25, 0.3) is 22.5 Å². The van der Waals surface area contributed by atoms with Gasteiger partial charge < -0.3 is 10.0 Å². The van der Waals surface area contributed by atoms with Crippen molar-refractivity contribution in [3.63, 3.8) is 0 Å². The monoisotopic (exact) mass is 609 g/mol. The molecule has 0 saturated heterocycles. The maximum Gasteiger partial charge on any atom is 0.136 e. The number of phenols is 1. The summed E-state index contributed by atoms with van der Waals surface area (Å²) in [5.74, 6) is 0.979. The van der Waals surface area contributed by atoms with Crippen LogP contribution in [-0.2, 0) is 21.1 Å². The molecule has 0 spiro atoms. The zero-order chi connectivity index (χ0) is 21.8. The van der Waals surface area contributed by atoms with Gasteiger partial charge in [0.05, 0.1) is 17.1 Å². The van der Waals surface area contributed by atoms with Crippen molar-refractivity contribution in [3.8, 4) is 28.3 Å². The van der Waals surface area contributed by atoms with Crippen LogP contribution in [-0.4, -0.2) is 15.1 Å². The average molecular weight is 610 g/mol. The topological polar surface area (TPSA) is 49.2 Å². The van der Waals surface area contributed by atoms with Gasteiger partial charge in [0.2, 0.25) is 0 Å². The summed E-state index contributed by atoms with van der Waals surface area (Å²) < 4.78 is 0. The molecule has 5 rings (SSSR count). The van der Waals surface area contributed by atoms with Crippen LogP contribution in [0.3, 0.4) is 0 Å². The summed E-state index contributed by atoms with van der Waals surface area (Å²) in [4.78, 5) is 11.4. The molecule has 33 heavy (non-hydrogen) atoms. The third-order valence-corrected chi connectivity index (χ3v) is 5.12. The molecule has 164 valence electrons. The predicted molar refractivity (Wildman–Crippen MR) is 128 cm³/mol. The Kier molecular flexibility index (Phi) is 6.97. The van der Waals surface area contributed by atoms with Gasteiger partial charge in [-0.05, 0) is 48.2 Å². The third-order valence-electron chi connectivity index (χ3n) is 5.12. The van der Waals surface area contributed by atoms with E-state index in [4.69, 9.17) is 4.98 Å². The standard InChI is InChI=1S/C28H20N3O.Pt/c32-27-17-5-4-14-24(27)21-10-8-13-23(20-21)31(22-11-2-1-3-12-22)28-18-9-16-26(30-28)25-15-6-7-19-29-25;/h1-19,32H;/q-1;. The van der Waals surface area contributed by atoms with E-state index in [-0.39, 0.29) is 26.8 Å². The smallest absolute Gasteiger partial charge is 0.136 e. The molecule has 0 radical (unpaired) electrons. The quantitative estimate of drug-likeness (QED) is 0.223. The molecular formula is C28H20N3OPt-. The Morgan fingerprint density at radius 2 is 1.39 bits per heavy atom. The molecule has 0 amide bonds. The number of aromatic nitrogens is 2. The maximum atomic E-state index is 10.3. The van der Waals surface area contributed by atoms with E-state index in [9.17, 15) is 5.11 Å². The first-order chi connectivity index (χ1) is 15.8. The molecule has 0 aliphatic rings. The van der Waals surface area contributed by atoms with E-state index >= 15 is 0 Å². The summed E-state index contributed by atoms with van der Waals surface area (Å²) in [6.45, 7) is 0. The summed E-state index contributed by atoms with van der Waals surface area (Å²) in [6, 6.07) is 38.4. The first-order valence-electron chi connectivity index (χ1n) is 10.3. The first-order valence-corrected chi connectivity index (χ1v) is 10.3. The molecule has 4 nitrogen and oxygen atoms in total. The summed E-state index contributed by atoms with van der Waals surface area (Å²) in [5, 5.41) is 10.3. The molecule has 0 aliphatic carbocycles. The van der Waals surface area contributed by atoms with Crippen molar-refractivity contribution in [1.29, 1.82) is 0 Å². The van der Waals surface area contributed by atoms with Crippen LogP contribution in [0.4, 0.5) is 17.2 Å². The van der Waals surface area contributed by atoms with Crippen molar-refractivity contribution < 1.29 is 26.2 Å². The Labute approximate surface area is 207 Å². The minimum atomic E-state index is 0. The Hall–Kier alpha value is -3.75. The van der Waals surface area contributed by atoms with Crippen molar-refractivity contribution >= 4 is 17.2 Å². The summed E-state index contributed by atoms with van der Waals surface area (Å²) >= 11 is 0. The van der Waals surface area contributed by atoms with Gasteiger partial charge in [0, 0.05) is 32.9 Å². The number of para-hydroxylation sites is 2. The Balaban J connectivity index is 0.00000259. The molecule has 2 heterocycles. The number of pyridine rings is 2. The van der Waals surface area contributed by atoms with Crippen LogP contribution in [0.1, 0.15) is 0 Å². The molecule has 0 aliphatic heterocycles. The van der Waals surface area contributed by atoms with E-state index in [1.165, 1.54) is 0 Å².